The number of imidazole rings is 1. The van der Waals surface area contributed by atoms with Crippen LogP contribution in [0.3, 0.4) is 0 Å². The maximum atomic E-state index is 5.59. The van der Waals surface area contributed by atoms with Crippen LogP contribution >= 0.6 is 11.6 Å². The van der Waals surface area contributed by atoms with E-state index in [1.807, 2.05) is 18.5 Å². The first-order valence-electron chi connectivity index (χ1n) is 3.31. The van der Waals surface area contributed by atoms with Gasteiger partial charge in [0, 0.05) is 6.07 Å². The summed E-state index contributed by atoms with van der Waals surface area (Å²) in [6.45, 7) is 0. The van der Waals surface area contributed by atoms with Crippen molar-refractivity contribution in [1.29, 1.82) is 0 Å². The van der Waals surface area contributed by atoms with Crippen molar-refractivity contribution in [3.8, 4) is 0 Å². The van der Waals surface area contributed by atoms with Crippen LogP contribution in [0, 0.1) is 0 Å². The minimum Gasteiger partial charge on any atom is -0.336 e. The Kier molecular flexibility index (Phi) is 1.51. The van der Waals surface area contributed by atoms with Crippen molar-refractivity contribution < 1.29 is 4.98 Å². The highest BCUT2D eigenvalue weighted by Crippen LogP contribution is 2.08. The van der Waals surface area contributed by atoms with E-state index in [4.69, 9.17) is 11.6 Å². The number of pyridine rings is 1. The molecule has 0 aliphatic rings. The molecule has 2 rings (SSSR count). The van der Waals surface area contributed by atoms with E-state index in [2.05, 4.69) is 15.0 Å². The highest BCUT2D eigenvalue weighted by molar-refractivity contribution is 6.16. The Balaban J connectivity index is 2.69. The first kappa shape index (κ1) is 6.61. The molecule has 11 heavy (non-hydrogen) atoms. The van der Waals surface area contributed by atoms with Gasteiger partial charge >= 0.3 is 0 Å². The van der Waals surface area contributed by atoms with Crippen LogP contribution in [0.25, 0.3) is 11.0 Å². The smallest absolute Gasteiger partial charge is 0.193 e. The van der Waals surface area contributed by atoms with Crippen molar-refractivity contribution in [3.63, 3.8) is 0 Å². The number of halogens is 1. The summed E-state index contributed by atoms with van der Waals surface area (Å²) < 4.78 is 0. The first-order chi connectivity index (χ1) is 5.40. The Morgan fingerprint density at radius 3 is 3.27 bits per heavy atom. The third-order valence-corrected chi connectivity index (χ3v) is 1.76. The fourth-order valence-electron chi connectivity index (χ4n) is 1.01. The molecule has 4 heteroatoms. The minimum absolute atomic E-state index is 0.425. The highest BCUT2D eigenvalue weighted by Gasteiger charge is 2.01. The molecule has 0 saturated carbocycles. The summed E-state index contributed by atoms with van der Waals surface area (Å²) in [6.07, 6.45) is 3.69. The highest BCUT2D eigenvalue weighted by atomic mass is 35.5. The molecule has 0 radical (unpaired) electrons. The number of fused-ring (bicyclic) bond motifs is 1. The van der Waals surface area contributed by atoms with Gasteiger partial charge in [-0.05, 0) is 0 Å². The molecule has 0 saturated heterocycles. The van der Waals surface area contributed by atoms with Crippen molar-refractivity contribution in [2.24, 2.45) is 0 Å². The molecule has 2 N–H and O–H groups in total. The molecule has 2 aromatic rings. The zero-order valence-electron chi connectivity index (χ0n) is 5.76. The van der Waals surface area contributed by atoms with Gasteiger partial charge in [0.1, 0.15) is 16.9 Å². The summed E-state index contributed by atoms with van der Waals surface area (Å²) in [5.41, 5.74) is 1.93. The number of alkyl halides is 1. The topological polar surface area (TPSA) is 42.8 Å². The van der Waals surface area contributed by atoms with Crippen LogP contribution in [0.5, 0.6) is 0 Å². The molecule has 0 aliphatic heterocycles. The van der Waals surface area contributed by atoms with Crippen molar-refractivity contribution in [2.45, 2.75) is 5.88 Å². The average Bonchev–Trinajstić information content (AvgIpc) is 2.46. The number of H-pyrrole nitrogens is 2. The minimum atomic E-state index is 0.425. The van der Waals surface area contributed by atoms with Crippen LogP contribution < -0.4 is 4.98 Å². The van der Waals surface area contributed by atoms with Gasteiger partial charge in [-0.25, -0.2) is 9.97 Å². The summed E-state index contributed by atoms with van der Waals surface area (Å²) >= 11 is 5.59. The van der Waals surface area contributed by atoms with Crippen LogP contribution in [-0.4, -0.2) is 9.97 Å². The van der Waals surface area contributed by atoms with Gasteiger partial charge in [-0.2, -0.15) is 0 Å². The van der Waals surface area contributed by atoms with E-state index < -0.39 is 0 Å². The Morgan fingerprint density at radius 2 is 2.55 bits per heavy atom. The van der Waals surface area contributed by atoms with Crippen molar-refractivity contribution in [3.05, 3.63) is 24.3 Å². The molecule has 56 valence electrons. The molecule has 0 amide bonds. The third-order valence-electron chi connectivity index (χ3n) is 1.50. The van der Waals surface area contributed by atoms with E-state index in [0.717, 1.165) is 16.9 Å². The van der Waals surface area contributed by atoms with Crippen molar-refractivity contribution >= 4 is 22.6 Å². The van der Waals surface area contributed by atoms with E-state index in [9.17, 15) is 0 Å². The van der Waals surface area contributed by atoms with Crippen LogP contribution in [-0.2, 0) is 5.88 Å². The van der Waals surface area contributed by atoms with E-state index in [0.29, 0.717) is 5.88 Å². The second-order valence-electron chi connectivity index (χ2n) is 2.26. The maximum Gasteiger partial charge on any atom is 0.193 e. The summed E-state index contributed by atoms with van der Waals surface area (Å²) in [6, 6.07) is 1.90. The number of hydrogen-bond donors (Lipinski definition) is 1. The van der Waals surface area contributed by atoms with E-state index in [1.54, 1.807) is 0 Å². The quantitative estimate of drug-likeness (QED) is 0.637. The number of aromatic amines is 2. The molecular formula is C7H7ClN3+. The lowest BCUT2D eigenvalue weighted by molar-refractivity contribution is -0.376. The van der Waals surface area contributed by atoms with Gasteiger partial charge in [-0.1, -0.05) is 0 Å². The predicted molar refractivity (Wildman–Crippen MR) is 42.2 cm³/mol. The summed E-state index contributed by atoms with van der Waals surface area (Å²) in [5, 5.41) is 0. The van der Waals surface area contributed by atoms with Gasteiger partial charge in [0.25, 0.3) is 0 Å². The summed E-state index contributed by atoms with van der Waals surface area (Å²) in [4.78, 5) is 10.3. The summed E-state index contributed by atoms with van der Waals surface area (Å²) in [5.74, 6) is 1.23. The Bertz CT molecular complexity index is 335. The Morgan fingerprint density at radius 1 is 1.64 bits per heavy atom. The Hall–Kier alpha value is -1.09. The molecule has 0 spiro atoms. The monoisotopic (exact) mass is 168 g/mol. The number of aromatic nitrogens is 3. The Labute approximate surface area is 68.4 Å². The van der Waals surface area contributed by atoms with Gasteiger partial charge in [-0.15, -0.1) is 11.6 Å². The molecule has 0 bridgehead atoms. The van der Waals surface area contributed by atoms with Crippen LogP contribution in [0.15, 0.2) is 18.5 Å². The molecule has 2 heterocycles. The fourth-order valence-corrected chi connectivity index (χ4v) is 1.14. The van der Waals surface area contributed by atoms with Gasteiger partial charge < -0.3 is 4.98 Å². The van der Waals surface area contributed by atoms with Gasteiger partial charge in [0.15, 0.2) is 12.4 Å². The zero-order valence-corrected chi connectivity index (χ0v) is 6.52. The van der Waals surface area contributed by atoms with Gasteiger partial charge in [0.05, 0.1) is 5.88 Å². The van der Waals surface area contributed by atoms with E-state index in [1.165, 1.54) is 0 Å². The van der Waals surface area contributed by atoms with Crippen LogP contribution in [0.1, 0.15) is 5.82 Å². The lowest BCUT2D eigenvalue weighted by Gasteiger charge is -1.78. The first-order valence-corrected chi connectivity index (χ1v) is 3.84. The number of hydrogen-bond acceptors (Lipinski definition) is 1. The standard InChI is InChI=1S/C7H6ClN3/c8-3-7-10-5-1-2-9-4-6(5)11-7/h1-2,4H,3H2,(H,10,11)/p+1. The molecule has 0 aromatic carbocycles. The second-order valence-corrected chi connectivity index (χ2v) is 2.53. The lowest BCUT2D eigenvalue weighted by Crippen LogP contribution is -1.96. The molecule has 3 nitrogen and oxygen atoms in total. The largest absolute Gasteiger partial charge is 0.336 e. The van der Waals surface area contributed by atoms with Crippen molar-refractivity contribution in [2.75, 3.05) is 0 Å². The predicted octanol–water partition coefficient (Wildman–Crippen LogP) is 1.12. The normalized spacial score (nSPS) is 10.6. The number of nitrogens with zero attached hydrogens (tertiary/aromatic N) is 1. The molecule has 0 atom stereocenters. The molecule has 0 unspecified atom stereocenters. The number of rotatable bonds is 1. The molecule has 0 aliphatic carbocycles. The lowest BCUT2D eigenvalue weighted by atomic mass is 10.4. The number of nitrogens with one attached hydrogen (secondary N) is 2. The van der Waals surface area contributed by atoms with Crippen LogP contribution in [0.2, 0.25) is 0 Å². The summed E-state index contributed by atoms with van der Waals surface area (Å²) in [7, 11) is 0. The van der Waals surface area contributed by atoms with Crippen molar-refractivity contribution in [1.82, 2.24) is 9.97 Å². The van der Waals surface area contributed by atoms with E-state index in [-0.39, 0.29) is 0 Å². The molecule has 0 fully saturated rings. The molecular weight excluding hydrogens is 162 g/mol. The zero-order chi connectivity index (χ0) is 7.68. The fraction of sp³-hybridized carbons (Fsp3) is 0.143. The van der Waals surface area contributed by atoms with Gasteiger partial charge in [-0.3, -0.25) is 0 Å². The third kappa shape index (κ3) is 1.07. The SMILES string of the molecule is ClCc1nc2cc[nH+]cc2[nH]1. The van der Waals surface area contributed by atoms with Gasteiger partial charge in [0.2, 0.25) is 0 Å². The van der Waals surface area contributed by atoms with Crippen LogP contribution in [0.4, 0.5) is 0 Å². The second kappa shape index (κ2) is 2.51. The van der Waals surface area contributed by atoms with E-state index >= 15 is 0 Å². The molecule has 2 aromatic heterocycles. The average molecular weight is 169 g/mol. The maximum absolute atomic E-state index is 5.59.